The fourth-order valence-electron chi connectivity index (χ4n) is 4.79. The fraction of sp³-hybridized carbons (Fsp3) is 0.433. The fourth-order valence-corrected chi connectivity index (χ4v) is 4.79. The van der Waals surface area contributed by atoms with Gasteiger partial charge in [0.25, 0.3) is 0 Å². The van der Waals surface area contributed by atoms with Gasteiger partial charge in [0.1, 0.15) is 23.9 Å². The van der Waals surface area contributed by atoms with E-state index >= 15 is 0 Å². The van der Waals surface area contributed by atoms with Gasteiger partial charge in [-0.3, -0.25) is 14.4 Å². The monoisotopic (exact) mass is 534 g/mol. The molecule has 2 heterocycles. The van der Waals surface area contributed by atoms with E-state index in [0.717, 1.165) is 11.1 Å². The lowest BCUT2D eigenvalue weighted by atomic mass is 9.94. The molecular weight excluding hydrogens is 496 g/mol. The number of rotatable bonds is 3. The molecule has 0 aliphatic carbocycles. The maximum Gasteiger partial charge on any atom is 0.248 e. The lowest BCUT2D eigenvalue weighted by Crippen LogP contribution is -2.65. The highest BCUT2D eigenvalue weighted by atomic mass is 16.5. The summed E-state index contributed by atoms with van der Waals surface area (Å²) in [5.74, 6) is -0.362. The van der Waals surface area contributed by atoms with E-state index in [1.807, 2.05) is 80.6 Å². The van der Waals surface area contributed by atoms with Crippen LogP contribution in [0.15, 0.2) is 60.7 Å². The van der Waals surface area contributed by atoms with Crippen molar-refractivity contribution >= 4 is 23.8 Å². The number of hydrogen-bond acceptors (Lipinski definition) is 6. The molecule has 0 saturated carbocycles. The number of fused-ring (bicyclic) bond motifs is 1. The molecule has 2 aromatic rings. The third-order valence-corrected chi connectivity index (χ3v) is 7.01. The highest BCUT2D eigenvalue weighted by molar-refractivity contribution is 5.96. The first-order chi connectivity index (χ1) is 18.9. The van der Waals surface area contributed by atoms with Crippen molar-refractivity contribution in [3.63, 3.8) is 0 Å². The third-order valence-electron chi connectivity index (χ3n) is 7.01. The van der Waals surface area contributed by atoms with Gasteiger partial charge in [-0.2, -0.15) is 0 Å². The molecule has 1 spiro atoms. The Balaban J connectivity index is 1.62. The molecule has 39 heavy (non-hydrogen) atoms. The summed E-state index contributed by atoms with van der Waals surface area (Å²) >= 11 is 0. The van der Waals surface area contributed by atoms with E-state index in [1.54, 1.807) is 0 Å². The van der Waals surface area contributed by atoms with Crippen LogP contribution in [-0.2, 0) is 25.5 Å². The van der Waals surface area contributed by atoms with E-state index in [2.05, 4.69) is 21.3 Å². The van der Waals surface area contributed by atoms with Gasteiger partial charge in [-0.15, -0.1) is 0 Å². The predicted molar refractivity (Wildman–Crippen MR) is 149 cm³/mol. The van der Waals surface area contributed by atoms with Crippen LogP contribution in [0.25, 0.3) is 6.08 Å². The molecule has 2 aliphatic rings. The Hall–Kier alpha value is -3.69. The number of amides is 3. The van der Waals surface area contributed by atoms with Crippen molar-refractivity contribution in [3.05, 3.63) is 71.8 Å². The van der Waals surface area contributed by atoms with Crippen LogP contribution in [0.4, 0.5) is 0 Å². The zero-order valence-electron chi connectivity index (χ0n) is 22.6. The highest BCUT2D eigenvalue weighted by Crippen LogP contribution is 2.22. The van der Waals surface area contributed by atoms with Crippen LogP contribution in [-0.4, -0.2) is 68.3 Å². The topological polar surface area (TPSA) is 118 Å². The Labute approximate surface area is 229 Å². The number of carbonyl (C=O) groups excluding carboxylic acids is 3. The molecule has 9 heteroatoms. The first-order valence-electron chi connectivity index (χ1n) is 13.5. The molecule has 3 amide bonds. The summed E-state index contributed by atoms with van der Waals surface area (Å²) in [7, 11) is 0. The van der Waals surface area contributed by atoms with Gasteiger partial charge in [0.2, 0.25) is 17.7 Å². The molecule has 2 aromatic carbocycles. The van der Waals surface area contributed by atoms with Crippen molar-refractivity contribution in [1.82, 2.24) is 21.3 Å². The van der Waals surface area contributed by atoms with Crippen LogP contribution < -0.4 is 26.0 Å². The zero-order chi connectivity index (χ0) is 27.7. The van der Waals surface area contributed by atoms with Gasteiger partial charge >= 0.3 is 0 Å². The highest BCUT2D eigenvalue weighted by Gasteiger charge is 2.46. The molecule has 9 nitrogen and oxygen atoms in total. The van der Waals surface area contributed by atoms with E-state index in [9.17, 15) is 14.4 Å². The zero-order valence-corrected chi connectivity index (χ0v) is 22.6. The number of para-hydroxylation sites is 1. The minimum absolute atomic E-state index is 0.0372. The van der Waals surface area contributed by atoms with Crippen molar-refractivity contribution in [2.75, 3.05) is 32.9 Å². The smallest absolute Gasteiger partial charge is 0.248 e. The van der Waals surface area contributed by atoms with Crippen molar-refractivity contribution in [2.45, 2.75) is 44.3 Å². The van der Waals surface area contributed by atoms with E-state index in [1.165, 1.54) is 0 Å². The lowest BCUT2D eigenvalue weighted by Gasteiger charge is -2.32. The van der Waals surface area contributed by atoms with Gasteiger partial charge < -0.3 is 30.7 Å². The summed E-state index contributed by atoms with van der Waals surface area (Å²) in [5, 5.41) is 12.1. The number of hydrogen-bond donors (Lipinski definition) is 4. The second-order valence-electron chi connectivity index (χ2n) is 10.3. The normalized spacial score (nSPS) is 26.0. The Morgan fingerprint density at radius 3 is 2.49 bits per heavy atom. The summed E-state index contributed by atoms with van der Waals surface area (Å²) in [5.41, 5.74) is 0.525. The maximum atomic E-state index is 13.7. The maximum absolute atomic E-state index is 13.7. The van der Waals surface area contributed by atoms with E-state index < -0.39 is 23.5 Å². The minimum Gasteiger partial charge on any atom is -0.492 e. The van der Waals surface area contributed by atoms with Crippen LogP contribution in [0, 0.1) is 5.92 Å². The van der Waals surface area contributed by atoms with Crippen molar-refractivity contribution in [3.8, 4) is 5.75 Å². The first kappa shape index (κ1) is 28.3. The molecule has 4 N–H and O–H groups in total. The summed E-state index contributed by atoms with van der Waals surface area (Å²) in [6, 6.07) is 15.8. The molecule has 2 aliphatic heterocycles. The minimum atomic E-state index is -1.26. The predicted octanol–water partition coefficient (Wildman–Crippen LogP) is 1.83. The lowest BCUT2D eigenvalue weighted by molar-refractivity contribution is -0.137. The Morgan fingerprint density at radius 1 is 0.974 bits per heavy atom. The van der Waals surface area contributed by atoms with Gasteiger partial charge in [-0.1, -0.05) is 74.5 Å². The molecule has 1 saturated heterocycles. The van der Waals surface area contributed by atoms with Crippen LogP contribution in [0.2, 0.25) is 0 Å². The first-order valence-corrected chi connectivity index (χ1v) is 13.5. The number of benzene rings is 2. The van der Waals surface area contributed by atoms with Crippen molar-refractivity contribution < 1.29 is 23.9 Å². The van der Waals surface area contributed by atoms with E-state index in [-0.39, 0.29) is 30.9 Å². The second kappa shape index (κ2) is 13.4. The van der Waals surface area contributed by atoms with Crippen LogP contribution >= 0.6 is 0 Å². The molecular formula is C30H38N4O5. The standard InChI is InChI=1S/C30H38N4O5/c1-21(2)26-28(36)34-30(14-17-38-20-30)29(37)33-24(19-22-9-4-3-5-10-22)27(35)32-15-8-12-23-11-6-7-13-25(23)39-18-16-31-26/h3-13,21,24,26,31H,14-20H2,1-2H3,(H,32,35)(H,33,37)(H,34,36)/b12-8-/t24-,26-,30?/m0/s1. The molecule has 0 bridgehead atoms. The number of carbonyl (C=O) groups is 3. The molecule has 4 rings (SSSR count). The van der Waals surface area contributed by atoms with Gasteiger partial charge in [-0.25, -0.2) is 0 Å². The van der Waals surface area contributed by atoms with Gasteiger partial charge in [0.15, 0.2) is 0 Å². The molecule has 1 fully saturated rings. The SMILES string of the molecule is CC(C)[C@@H]1NCCOc2ccccc2/C=C\CNC(=O)[C@H](Cc2ccccc2)NC(=O)C2(CCOC2)NC1=O. The molecule has 208 valence electrons. The van der Waals surface area contributed by atoms with Crippen molar-refractivity contribution in [2.24, 2.45) is 5.92 Å². The molecule has 0 radical (unpaired) electrons. The van der Waals surface area contributed by atoms with Gasteiger partial charge in [0.05, 0.1) is 12.6 Å². The Kier molecular flexibility index (Phi) is 9.73. The van der Waals surface area contributed by atoms with Crippen LogP contribution in [0.1, 0.15) is 31.4 Å². The van der Waals surface area contributed by atoms with Crippen LogP contribution in [0.5, 0.6) is 5.75 Å². The summed E-state index contributed by atoms with van der Waals surface area (Å²) in [4.78, 5) is 40.4. The second-order valence-corrected chi connectivity index (χ2v) is 10.3. The largest absolute Gasteiger partial charge is 0.492 e. The number of ether oxygens (including phenoxy) is 2. The third kappa shape index (κ3) is 7.46. The average molecular weight is 535 g/mol. The average Bonchev–Trinajstić information content (AvgIpc) is 3.40. The Morgan fingerprint density at radius 2 is 1.74 bits per heavy atom. The van der Waals surface area contributed by atoms with Gasteiger partial charge in [-0.05, 0) is 17.5 Å². The molecule has 1 unspecified atom stereocenters. The van der Waals surface area contributed by atoms with E-state index in [0.29, 0.717) is 38.3 Å². The summed E-state index contributed by atoms with van der Waals surface area (Å²) in [6.07, 6.45) is 4.37. The van der Waals surface area contributed by atoms with Crippen molar-refractivity contribution in [1.29, 1.82) is 0 Å². The van der Waals surface area contributed by atoms with E-state index in [4.69, 9.17) is 9.47 Å². The Bertz CT molecular complexity index is 1160. The molecule has 0 aromatic heterocycles. The van der Waals surface area contributed by atoms with Crippen LogP contribution in [0.3, 0.4) is 0 Å². The molecule has 3 atom stereocenters. The van der Waals surface area contributed by atoms with Gasteiger partial charge in [0, 0.05) is 38.1 Å². The summed E-state index contributed by atoms with van der Waals surface area (Å²) in [6.45, 7) is 5.34. The quantitative estimate of drug-likeness (QED) is 0.477. The summed E-state index contributed by atoms with van der Waals surface area (Å²) < 4.78 is 11.6. The number of nitrogens with one attached hydrogen (secondary N) is 4.